The lowest BCUT2D eigenvalue weighted by molar-refractivity contribution is 0.395. The maximum atomic E-state index is 5.48. The molecule has 0 fully saturated rings. The Balaban J connectivity index is 2.44. The van der Waals surface area contributed by atoms with Gasteiger partial charge in [-0.1, -0.05) is 13.8 Å². The minimum absolute atomic E-state index is 0.00690. The molecule has 0 saturated heterocycles. The Morgan fingerprint density at radius 2 is 1.95 bits per heavy atom. The molecule has 0 spiro atoms. The van der Waals surface area contributed by atoms with Gasteiger partial charge in [-0.2, -0.15) is 0 Å². The number of thiazole rings is 1. The fourth-order valence-electron chi connectivity index (χ4n) is 2.18. The summed E-state index contributed by atoms with van der Waals surface area (Å²) in [4.78, 5) is 4.75. The Morgan fingerprint density at radius 1 is 1.19 bits per heavy atom. The second-order valence-corrected chi connectivity index (χ2v) is 5.98. The number of nitrogens with zero attached hydrogens (tertiary/aromatic N) is 1. The molecule has 1 atom stereocenters. The largest absolute Gasteiger partial charge is 0.497 e. The lowest BCUT2D eigenvalue weighted by Gasteiger charge is -2.18. The van der Waals surface area contributed by atoms with Crippen molar-refractivity contribution < 1.29 is 9.47 Å². The molecule has 0 bridgehead atoms. The zero-order valence-electron chi connectivity index (χ0n) is 13.1. The molecule has 4 nitrogen and oxygen atoms in total. The van der Waals surface area contributed by atoms with Crippen LogP contribution in [0.3, 0.4) is 0 Å². The molecule has 0 saturated carbocycles. The smallest absolute Gasteiger partial charge is 0.124 e. The first kappa shape index (κ1) is 15.8. The lowest BCUT2D eigenvalue weighted by Crippen LogP contribution is -2.18. The van der Waals surface area contributed by atoms with Crippen molar-refractivity contribution >= 4 is 11.3 Å². The van der Waals surface area contributed by atoms with Crippen LogP contribution in [0.5, 0.6) is 11.5 Å². The highest BCUT2D eigenvalue weighted by Crippen LogP contribution is 2.34. The third kappa shape index (κ3) is 3.36. The molecule has 5 heteroatoms. The minimum atomic E-state index is -0.00690. The summed E-state index contributed by atoms with van der Waals surface area (Å²) in [5, 5.41) is 6.48. The second kappa shape index (κ2) is 6.91. The Bertz CT molecular complexity index is 596. The van der Waals surface area contributed by atoms with Gasteiger partial charge in [0.2, 0.25) is 0 Å². The molecular weight excluding hydrogens is 284 g/mol. The van der Waals surface area contributed by atoms with Crippen molar-refractivity contribution in [2.45, 2.75) is 25.8 Å². The van der Waals surface area contributed by atoms with Crippen LogP contribution in [0.15, 0.2) is 23.6 Å². The summed E-state index contributed by atoms with van der Waals surface area (Å²) in [6.45, 7) is 4.30. The Morgan fingerprint density at radius 3 is 2.48 bits per heavy atom. The molecule has 1 heterocycles. The van der Waals surface area contributed by atoms with E-state index in [0.717, 1.165) is 27.8 Å². The molecule has 1 N–H and O–H groups in total. The summed E-state index contributed by atoms with van der Waals surface area (Å²) in [7, 11) is 5.28. The molecular formula is C16H22N2O2S. The summed E-state index contributed by atoms with van der Waals surface area (Å²) in [6.07, 6.45) is 0. The molecule has 2 aromatic rings. The van der Waals surface area contributed by atoms with Crippen LogP contribution in [0.25, 0.3) is 0 Å². The van der Waals surface area contributed by atoms with Crippen molar-refractivity contribution in [3.8, 4) is 11.5 Å². The van der Waals surface area contributed by atoms with E-state index in [0.29, 0.717) is 5.92 Å². The van der Waals surface area contributed by atoms with Gasteiger partial charge in [0, 0.05) is 10.9 Å². The Labute approximate surface area is 130 Å². The highest BCUT2D eigenvalue weighted by Gasteiger charge is 2.21. The van der Waals surface area contributed by atoms with Crippen LogP contribution in [0.1, 0.15) is 42.1 Å². The maximum Gasteiger partial charge on any atom is 0.124 e. The van der Waals surface area contributed by atoms with E-state index in [9.17, 15) is 0 Å². The van der Waals surface area contributed by atoms with Crippen molar-refractivity contribution in [3.05, 3.63) is 39.8 Å². The van der Waals surface area contributed by atoms with Crippen LogP contribution in [-0.2, 0) is 0 Å². The van der Waals surface area contributed by atoms with Crippen molar-refractivity contribution in [3.63, 3.8) is 0 Å². The van der Waals surface area contributed by atoms with Crippen molar-refractivity contribution in [1.82, 2.24) is 10.3 Å². The number of aromatic nitrogens is 1. The predicted octanol–water partition coefficient (Wildman–Crippen LogP) is 3.59. The number of rotatable bonds is 6. The van der Waals surface area contributed by atoms with E-state index >= 15 is 0 Å². The highest BCUT2D eigenvalue weighted by atomic mass is 32.1. The second-order valence-electron chi connectivity index (χ2n) is 5.09. The molecule has 114 valence electrons. The number of nitrogens with one attached hydrogen (secondary N) is 1. The van der Waals surface area contributed by atoms with Crippen molar-refractivity contribution in [2.24, 2.45) is 0 Å². The van der Waals surface area contributed by atoms with Crippen LogP contribution in [0, 0.1) is 0 Å². The van der Waals surface area contributed by atoms with Crippen LogP contribution in [-0.4, -0.2) is 26.3 Å². The molecule has 1 aromatic carbocycles. The molecule has 2 rings (SSSR count). The summed E-state index contributed by atoms with van der Waals surface area (Å²) in [5.74, 6) is 2.07. The van der Waals surface area contributed by atoms with E-state index in [1.54, 1.807) is 25.6 Å². The van der Waals surface area contributed by atoms with Crippen LogP contribution >= 0.6 is 11.3 Å². The number of ether oxygens (including phenoxy) is 2. The molecule has 21 heavy (non-hydrogen) atoms. The first-order chi connectivity index (χ1) is 10.1. The van der Waals surface area contributed by atoms with E-state index < -0.39 is 0 Å². The standard InChI is InChI=1S/C16H22N2O2S/c1-10(2)13-9-21-16(18-13)15(17-3)12-8-11(19-4)6-7-14(12)20-5/h6-10,15,17H,1-5H3. The van der Waals surface area contributed by atoms with Crippen LogP contribution < -0.4 is 14.8 Å². The van der Waals surface area contributed by atoms with Gasteiger partial charge >= 0.3 is 0 Å². The topological polar surface area (TPSA) is 43.4 Å². The zero-order valence-corrected chi connectivity index (χ0v) is 14.0. The third-order valence-corrected chi connectivity index (χ3v) is 4.34. The number of hydrogen-bond acceptors (Lipinski definition) is 5. The van der Waals surface area contributed by atoms with Gasteiger partial charge in [0.1, 0.15) is 16.5 Å². The molecule has 1 unspecified atom stereocenters. The third-order valence-electron chi connectivity index (χ3n) is 3.41. The minimum Gasteiger partial charge on any atom is -0.497 e. The SMILES string of the molecule is CNC(c1nc(C(C)C)cs1)c1cc(OC)ccc1OC. The first-order valence-electron chi connectivity index (χ1n) is 6.95. The first-order valence-corrected chi connectivity index (χ1v) is 7.83. The van der Waals surface area contributed by atoms with Crippen molar-refractivity contribution in [1.29, 1.82) is 0 Å². The monoisotopic (exact) mass is 306 g/mol. The van der Waals surface area contributed by atoms with E-state index in [-0.39, 0.29) is 6.04 Å². The summed E-state index contributed by atoms with van der Waals surface area (Å²) in [6, 6.07) is 5.81. The average Bonchev–Trinajstić information content (AvgIpc) is 2.98. The molecule has 0 aliphatic rings. The predicted molar refractivity (Wildman–Crippen MR) is 86.7 cm³/mol. The fourth-order valence-corrected chi connectivity index (χ4v) is 3.28. The van der Waals surface area contributed by atoms with Gasteiger partial charge in [0.25, 0.3) is 0 Å². The highest BCUT2D eigenvalue weighted by molar-refractivity contribution is 7.09. The number of hydrogen-bond donors (Lipinski definition) is 1. The zero-order chi connectivity index (χ0) is 15.4. The molecule has 0 radical (unpaired) electrons. The maximum absolute atomic E-state index is 5.48. The fraction of sp³-hybridized carbons (Fsp3) is 0.438. The van der Waals surface area contributed by atoms with Gasteiger partial charge in [-0.3, -0.25) is 0 Å². The van der Waals surface area contributed by atoms with Crippen LogP contribution in [0.4, 0.5) is 0 Å². The quantitative estimate of drug-likeness (QED) is 0.885. The van der Waals surface area contributed by atoms with Gasteiger partial charge < -0.3 is 14.8 Å². The van der Waals surface area contributed by atoms with Gasteiger partial charge in [0.15, 0.2) is 0 Å². The lowest BCUT2D eigenvalue weighted by atomic mass is 10.1. The van der Waals surface area contributed by atoms with E-state index in [1.807, 2.05) is 25.2 Å². The summed E-state index contributed by atoms with van der Waals surface area (Å²) in [5.41, 5.74) is 2.15. The molecule has 0 aliphatic heterocycles. The molecule has 0 amide bonds. The van der Waals surface area contributed by atoms with Gasteiger partial charge in [-0.25, -0.2) is 4.98 Å². The van der Waals surface area contributed by atoms with Crippen LogP contribution in [0.2, 0.25) is 0 Å². The Kier molecular flexibility index (Phi) is 5.20. The van der Waals surface area contributed by atoms with E-state index in [1.165, 1.54) is 0 Å². The number of methoxy groups -OCH3 is 2. The normalized spacial score (nSPS) is 12.5. The van der Waals surface area contributed by atoms with E-state index in [4.69, 9.17) is 14.5 Å². The van der Waals surface area contributed by atoms with Crippen molar-refractivity contribution in [2.75, 3.05) is 21.3 Å². The molecule has 1 aromatic heterocycles. The Hall–Kier alpha value is -1.59. The van der Waals surface area contributed by atoms with Gasteiger partial charge in [-0.15, -0.1) is 11.3 Å². The summed E-state index contributed by atoms with van der Waals surface area (Å²) >= 11 is 1.67. The summed E-state index contributed by atoms with van der Waals surface area (Å²) < 4.78 is 10.8. The number of benzene rings is 1. The van der Waals surface area contributed by atoms with Gasteiger partial charge in [-0.05, 0) is 31.2 Å². The van der Waals surface area contributed by atoms with Gasteiger partial charge in [0.05, 0.1) is 26.0 Å². The molecule has 0 aliphatic carbocycles. The average molecular weight is 306 g/mol. The van der Waals surface area contributed by atoms with E-state index in [2.05, 4.69) is 24.5 Å².